The number of carboxylic acids is 2. The van der Waals surface area contributed by atoms with Gasteiger partial charge in [0.2, 0.25) is 11.8 Å². The third kappa shape index (κ3) is 33.6. The lowest BCUT2D eigenvalue weighted by Crippen LogP contribution is -2.41. The number of allylic oxidation sites excluding steroid dienone is 1. The standard InChI is InChI=1S/C20H22N2O5.C20H24N2O3.C20H28N2O2.C9H8N3O3.C8H6ClNO3.2C8H7NO4.C8H9NO2.C2H6/c1-13-8-14(4-5-17(13)22(24)25)9-20(23)21-7-6-15-10-18(26-2)19(27-3)11-16(15)12-21;1-13-8-14(4-5-17(13)21)9-20(23)22-7-6-15-10-18(24-2)19(25-3)11-16(15)12-22;1-14-10-15(4-5-18(14)21)6-8-22-9-7-16-11-19(23-2)20(24-3)12-17(16)13-22;1-6-4-7(9(13)5-11-10)2-3-8(6)12(14)15;1-5-4-6(8(9)11)2-3-7(5)10(12)13;2*1-5-4-6(8(10)11)2-3-7(5)9(12)13;1-6-3-4-8(9(10)11)7(2)5-6;1-2/h4-5,8,10-11H,6-7,9,12H2,1-3H3;4-5,8,10-11H,6-7,9,12,21H2,1-3H3;4-5,10-12,16-17H,6-9,13,21H2,1-3H3;2-5,10H,1H3;2-4H,1H3;2*2-4H,1H3,(H,10,11);3-5H,1-2H3;1-2H3/q;;;+1;;;;;. The molecule has 7 N–H and O–H groups in total. The van der Waals surface area contributed by atoms with Gasteiger partial charge in [0.1, 0.15) is 0 Å². The van der Waals surface area contributed by atoms with Gasteiger partial charge in [-0.1, -0.05) is 55.8 Å². The fourth-order valence-electron chi connectivity index (χ4n) is 15.5. The van der Waals surface area contributed by atoms with Crippen molar-refractivity contribution in [2.75, 3.05) is 86.8 Å². The number of nitrogens with one attached hydrogen (secondary N) is 1. The number of Topliss-reactive ketones (excluding diaryl/α,β-unsaturated/α-hetero) is 1. The average molecular weight is 1990 g/mol. The molecule has 756 valence electrons. The van der Waals surface area contributed by atoms with Crippen LogP contribution in [0, 0.1) is 140 Å². The lowest BCUT2D eigenvalue weighted by Gasteiger charge is -2.38. The zero-order chi connectivity index (χ0) is 107. The summed E-state index contributed by atoms with van der Waals surface area (Å²) in [6, 6.07) is 45.3. The summed E-state index contributed by atoms with van der Waals surface area (Å²) in [6.07, 6.45) is 9.76. The van der Waals surface area contributed by atoms with E-state index in [0.29, 0.717) is 83.0 Å². The Bertz CT molecular complexity index is 6320. The molecule has 10 aromatic rings. The molecule has 10 aromatic carbocycles. The number of rotatable bonds is 24. The number of hydrogen-bond donors (Lipinski definition) is 5. The number of piperidine rings is 1. The van der Waals surface area contributed by atoms with E-state index in [2.05, 4.69) is 40.9 Å². The molecule has 0 spiro atoms. The molecule has 2 amide bonds. The minimum Gasteiger partial charge on any atom is -0.493 e. The van der Waals surface area contributed by atoms with Crippen molar-refractivity contribution in [3.8, 4) is 23.0 Å². The van der Waals surface area contributed by atoms with Gasteiger partial charge in [-0.2, -0.15) is 0 Å². The predicted molar refractivity (Wildman–Crippen MR) is 538 cm³/mol. The number of carbonyl (C=O) groups is 6. The number of halogens is 1. The van der Waals surface area contributed by atoms with Crippen LogP contribution >= 0.6 is 11.6 Å². The van der Waals surface area contributed by atoms with Crippen molar-refractivity contribution in [2.45, 2.75) is 128 Å². The van der Waals surface area contributed by atoms with Crippen molar-refractivity contribution >= 4 is 98.1 Å². The van der Waals surface area contributed by atoms with Gasteiger partial charge in [-0.15, -0.1) is 0 Å². The molecule has 0 radical (unpaired) electrons. The molecule has 3 aliphatic heterocycles. The van der Waals surface area contributed by atoms with Gasteiger partial charge in [0, 0.05) is 137 Å². The van der Waals surface area contributed by atoms with Crippen molar-refractivity contribution in [3.63, 3.8) is 0 Å². The molecule has 1 saturated heterocycles. The van der Waals surface area contributed by atoms with Gasteiger partial charge in [0.05, 0.1) is 106 Å². The molecule has 1 aliphatic carbocycles. The molecule has 39 nitrogen and oxygen atoms in total. The number of carbonyl (C=O) groups excluding carboxylic acids is 4. The van der Waals surface area contributed by atoms with Crippen LogP contribution in [0.2, 0.25) is 0 Å². The zero-order valence-electron chi connectivity index (χ0n) is 82.4. The van der Waals surface area contributed by atoms with Gasteiger partial charge in [0.15, 0.2) is 34.5 Å². The SMILES string of the molecule is CC.COC1=CC2CCN(CCc3ccc(N)c(C)c3)CC2C=C1OC.COc1cc2c(cc1OC)CN(C(=O)Cc1ccc(N)c(C)c1)CC2.COc1cc2c(cc1OC)CN(C(=O)Cc1ccc([N+](=O)[O-])c(C)c1)CC2.Cc1cc(C(=O)C=[N+]=N)ccc1[N+](=O)[O-].Cc1cc(C(=O)Cl)ccc1[N+](=O)[O-].Cc1cc(C(=O)O)ccc1[N+](=O)[O-].Cc1cc(C(=O)O)ccc1[N+](=O)[O-].Cc1ccc([N+](=O)[O-])c(C)c1. The van der Waals surface area contributed by atoms with Gasteiger partial charge in [0.25, 0.3) is 45.1 Å². The number of ether oxygens (including phenoxy) is 6. The molecular formula is C103H117ClN13O26+. The third-order valence-corrected chi connectivity index (χ3v) is 23.4. The maximum Gasteiger partial charge on any atom is 0.377 e. The van der Waals surface area contributed by atoms with E-state index < -0.39 is 47.6 Å². The highest BCUT2D eigenvalue weighted by molar-refractivity contribution is 6.67. The number of nitrogens with zero attached hydrogens (tertiary/aromatic N) is 10. The number of carboxylic acid groups (broad SMARTS) is 2. The maximum atomic E-state index is 12.7. The number of amides is 2. The third-order valence-electron chi connectivity index (χ3n) is 23.2. The molecule has 14 rings (SSSR count). The first-order valence-electron chi connectivity index (χ1n) is 44.6. The second kappa shape index (κ2) is 55.2. The lowest BCUT2D eigenvalue weighted by atomic mass is 9.81. The molecule has 1 fully saturated rings. The maximum absolute atomic E-state index is 12.7. The number of likely N-dealkylation sites (tertiary alicyclic amines) is 1. The average Bonchev–Trinajstić information content (AvgIpc) is 0.827. The highest BCUT2D eigenvalue weighted by Crippen LogP contribution is 2.38. The Morgan fingerprint density at radius 3 is 1.08 bits per heavy atom. The van der Waals surface area contributed by atoms with E-state index in [1.54, 1.807) is 94.6 Å². The fraction of sp³-hybridized carbons (Fsp3) is 0.311. The molecule has 0 aromatic heterocycles. The number of nitrogens with two attached hydrogens (primary N) is 2. The summed E-state index contributed by atoms with van der Waals surface area (Å²) in [6.45, 7) is 25.3. The monoisotopic (exact) mass is 1990 g/mol. The van der Waals surface area contributed by atoms with Crippen molar-refractivity contribution < 1.29 is 102 Å². The largest absolute Gasteiger partial charge is 0.493 e. The van der Waals surface area contributed by atoms with Gasteiger partial charge in [-0.25, -0.2) is 9.59 Å². The number of aromatic carboxylic acids is 2. The first kappa shape index (κ1) is 115. The van der Waals surface area contributed by atoms with Gasteiger partial charge < -0.3 is 64.8 Å². The summed E-state index contributed by atoms with van der Waals surface area (Å²) in [7, 11) is 9.88. The Balaban J connectivity index is 0.000000255. The molecule has 2 atom stereocenters. The minimum absolute atomic E-state index is 0.00341. The Morgan fingerprint density at radius 2 is 0.734 bits per heavy atom. The Hall–Kier alpha value is -16.7. The van der Waals surface area contributed by atoms with Crippen LogP contribution in [-0.4, -0.2) is 176 Å². The summed E-state index contributed by atoms with van der Waals surface area (Å²) < 4.78 is 32.3. The summed E-state index contributed by atoms with van der Waals surface area (Å²) in [4.78, 5) is 137. The van der Waals surface area contributed by atoms with Gasteiger partial charge in [-0.05, 0) is 271 Å². The van der Waals surface area contributed by atoms with Crippen molar-refractivity contribution in [3.05, 3.63) is 365 Å². The van der Waals surface area contributed by atoms with Crippen molar-refractivity contribution in [2.24, 2.45) is 11.8 Å². The molecular weight excluding hydrogens is 1870 g/mol. The topological polar surface area (TPSA) is 557 Å². The zero-order valence-corrected chi connectivity index (χ0v) is 83.2. The number of methoxy groups -OCH3 is 6. The number of nitro benzene ring substituents is 6. The van der Waals surface area contributed by atoms with Gasteiger partial charge in [-0.3, -0.25) is 79.9 Å². The smallest absolute Gasteiger partial charge is 0.377 e. The second-order valence-corrected chi connectivity index (χ2v) is 33.3. The number of benzene rings is 10. The minimum atomic E-state index is -1.09. The van der Waals surface area contributed by atoms with Crippen molar-refractivity contribution in [1.29, 1.82) is 5.53 Å². The summed E-state index contributed by atoms with van der Waals surface area (Å²) >= 11 is 5.20. The highest BCUT2D eigenvalue weighted by atomic mass is 35.5. The fourth-order valence-corrected chi connectivity index (χ4v) is 15.6. The molecule has 143 heavy (non-hydrogen) atoms. The van der Waals surface area contributed by atoms with Crippen molar-refractivity contribution in [1.82, 2.24) is 14.7 Å². The molecule has 3 heterocycles. The van der Waals surface area contributed by atoms with Crippen LogP contribution in [0.15, 0.2) is 194 Å². The van der Waals surface area contributed by atoms with Crippen LogP contribution in [0.4, 0.5) is 45.5 Å². The van der Waals surface area contributed by atoms with Crippen LogP contribution in [0.5, 0.6) is 23.0 Å². The quantitative estimate of drug-likeness (QED) is 0.00548. The van der Waals surface area contributed by atoms with E-state index in [0.717, 1.165) is 125 Å². The van der Waals surface area contributed by atoms with E-state index in [-0.39, 0.29) is 79.5 Å². The van der Waals surface area contributed by atoms with E-state index in [9.17, 15) is 89.5 Å². The molecule has 40 heteroatoms. The number of ketones is 1. The lowest BCUT2D eigenvalue weighted by molar-refractivity contribution is -0.385. The second-order valence-electron chi connectivity index (χ2n) is 32.9. The normalized spacial score (nSPS) is 13.2. The Morgan fingerprint density at radius 1 is 0.413 bits per heavy atom. The summed E-state index contributed by atoms with van der Waals surface area (Å²) in [5.41, 5.74) is 34.3. The number of nitro groups is 6. The van der Waals surface area contributed by atoms with Gasteiger partial charge >= 0.3 is 18.2 Å². The van der Waals surface area contributed by atoms with Crippen LogP contribution in [0.1, 0.15) is 151 Å². The van der Waals surface area contributed by atoms with Crippen LogP contribution in [0.25, 0.3) is 0 Å². The van der Waals surface area contributed by atoms with E-state index in [1.807, 2.05) is 86.0 Å². The Kier molecular flexibility index (Phi) is 44.4. The first-order valence-corrected chi connectivity index (χ1v) is 45.0. The van der Waals surface area contributed by atoms with Crippen LogP contribution in [0.3, 0.4) is 0 Å². The number of nitrogen functional groups attached to an aromatic ring is 2. The van der Waals surface area contributed by atoms with E-state index >= 15 is 0 Å². The van der Waals surface area contributed by atoms with Crippen LogP contribution in [-0.2, 0) is 64.3 Å². The van der Waals surface area contributed by atoms with Crippen LogP contribution < -0.4 is 30.4 Å². The molecule has 4 aliphatic rings. The summed E-state index contributed by atoms with van der Waals surface area (Å²) in [5.74, 6) is 3.12. The number of fused-ring (bicyclic) bond motifs is 3. The predicted octanol–water partition coefficient (Wildman–Crippen LogP) is 19.0. The first-order chi connectivity index (χ1) is 67.8. The van der Waals surface area contributed by atoms with E-state index in [1.165, 1.54) is 122 Å². The number of hydrogen-bond acceptors (Lipinski definition) is 28. The Labute approximate surface area is 830 Å². The summed E-state index contributed by atoms with van der Waals surface area (Å²) in [5, 5.41) is 79.4. The highest BCUT2D eigenvalue weighted by Gasteiger charge is 2.33. The number of aryl methyl sites for hydroxylation is 9. The molecule has 2 unspecified atom stereocenters. The molecule has 0 saturated carbocycles. The molecule has 0 bridgehead atoms. The van der Waals surface area contributed by atoms with E-state index in [4.69, 9.17) is 67.2 Å². The number of anilines is 2.